The number of nitrogens with two attached hydrogens (primary N) is 1. The summed E-state index contributed by atoms with van der Waals surface area (Å²) in [4.78, 5) is 11.0. The van der Waals surface area contributed by atoms with Gasteiger partial charge in [0.2, 0.25) is 0 Å². The number of carbonyl (C=O) groups is 1. The fraction of sp³-hybridized carbons (Fsp3) is 0.889. The summed E-state index contributed by atoms with van der Waals surface area (Å²) in [6, 6.07) is -0.586. The minimum atomic E-state index is -0.586. The summed E-state index contributed by atoms with van der Waals surface area (Å²) < 4.78 is 14.7. The van der Waals surface area contributed by atoms with Crippen molar-refractivity contribution < 1.29 is 19.0 Å². The molecule has 14 heavy (non-hydrogen) atoms. The Hall–Kier alpha value is -0.650. The van der Waals surface area contributed by atoms with E-state index >= 15 is 0 Å². The van der Waals surface area contributed by atoms with Crippen molar-refractivity contribution in [1.29, 1.82) is 0 Å². The Morgan fingerprint density at radius 2 is 2.07 bits per heavy atom. The van der Waals surface area contributed by atoms with Crippen molar-refractivity contribution >= 4 is 5.97 Å². The molecule has 0 aliphatic carbocycles. The molecule has 0 aromatic rings. The molecule has 0 saturated carbocycles. The third kappa shape index (κ3) is 6.82. The molecular formula is C9H19NO4. The molecule has 1 unspecified atom stereocenters. The van der Waals surface area contributed by atoms with E-state index in [0.717, 1.165) is 0 Å². The third-order valence-corrected chi connectivity index (χ3v) is 1.59. The van der Waals surface area contributed by atoms with Crippen molar-refractivity contribution in [3.63, 3.8) is 0 Å². The van der Waals surface area contributed by atoms with E-state index in [-0.39, 0.29) is 5.97 Å². The molecule has 0 aromatic carbocycles. The van der Waals surface area contributed by atoms with Gasteiger partial charge in [-0.25, -0.2) is 0 Å². The summed E-state index contributed by atoms with van der Waals surface area (Å²) in [5.74, 6) is -0.372. The highest BCUT2D eigenvalue weighted by Gasteiger charge is 2.13. The van der Waals surface area contributed by atoms with Gasteiger partial charge in [0.05, 0.1) is 19.8 Å². The van der Waals surface area contributed by atoms with Gasteiger partial charge in [-0.2, -0.15) is 0 Å². The van der Waals surface area contributed by atoms with Crippen LogP contribution in [-0.2, 0) is 19.0 Å². The standard InChI is InChI=1S/C9H19NO4/c1-3-14-9(11)8(10)4-5-13-7-6-12-2/h8H,3-7,10H2,1-2H3. The van der Waals surface area contributed by atoms with Gasteiger partial charge in [0.25, 0.3) is 0 Å². The molecule has 5 heteroatoms. The number of rotatable bonds is 8. The molecule has 0 saturated heterocycles. The highest BCUT2D eigenvalue weighted by Crippen LogP contribution is 1.93. The molecule has 2 N–H and O–H groups in total. The molecule has 1 atom stereocenters. The molecule has 0 rings (SSSR count). The van der Waals surface area contributed by atoms with E-state index in [4.69, 9.17) is 19.9 Å². The van der Waals surface area contributed by atoms with Crippen LogP contribution < -0.4 is 5.73 Å². The van der Waals surface area contributed by atoms with E-state index in [2.05, 4.69) is 0 Å². The number of esters is 1. The average molecular weight is 205 g/mol. The largest absolute Gasteiger partial charge is 0.465 e. The molecule has 84 valence electrons. The quantitative estimate of drug-likeness (QED) is 0.443. The highest BCUT2D eigenvalue weighted by atomic mass is 16.5. The molecule has 0 amide bonds. The molecule has 0 heterocycles. The number of methoxy groups -OCH3 is 1. The minimum absolute atomic E-state index is 0.358. The van der Waals surface area contributed by atoms with Gasteiger partial charge in [-0.15, -0.1) is 0 Å². The lowest BCUT2D eigenvalue weighted by Gasteiger charge is -2.10. The van der Waals surface area contributed by atoms with E-state index < -0.39 is 6.04 Å². The maximum atomic E-state index is 11.0. The van der Waals surface area contributed by atoms with Crippen molar-refractivity contribution in [2.45, 2.75) is 19.4 Å². The maximum Gasteiger partial charge on any atom is 0.322 e. The third-order valence-electron chi connectivity index (χ3n) is 1.59. The van der Waals surface area contributed by atoms with Crippen LogP contribution in [0.15, 0.2) is 0 Å². The average Bonchev–Trinajstić information content (AvgIpc) is 2.17. The lowest BCUT2D eigenvalue weighted by molar-refractivity contribution is -0.145. The van der Waals surface area contributed by atoms with Crippen LogP contribution in [0.1, 0.15) is 13.3 Å². The Kier molecular flexibility index (Phi) is 8.51. The molecule has 0 aliphatic rings. The summed E-state index contributed by atoms with van der Waals surface area (Å²) in [6.07, 6.45) is 0.475. The van der Waals surface area contributed by atoms with E-state index in [0.29, 0.717) is 32.8 Å². The second kappa shape index (κ2) is 8.93. The summed E-state index contributed by atoms with van der Waals surface area (Å²) in [7, 11) is 1.60. The molecule has 0 spiro atoms. The SMILES string of the molecule is CCOC(=O)C(N)CCOCCOC. The Morgan fingerprint density at radius 3 is 2.64 bits per heavy atom. The molecule has 0 fully saturated rings. The van der Waals surface area contributed by atoms with Gasteiger partial charge < -0.3 is 19.9 Å². The van der Waals surface area contributed by atoms with Gasteiger partial charge in [0.1, 0.15) is 6.04 Å². The van der Waals surface area contributed by atoms with Crippen LogP contribution in [0.3, 0.4) is 0 Å². The number of hydrogen-bond acceptors (Lipinski definition) is 5. The van der Waals surface area contributed by atoms with Crippen LogP contribution in [0.2, 0.25) is 0 Å². The van der Waals surface area contributed by atoms with Gasteiger partial charge in [0.15, 0.2) is 0 Å². The van der Waals surface area contributed by atoms with Crippen molar-refractivity contribution in [1.82, 2.24) is 0 Å². The van der Waals surface area contributed by atoms with Gasteiger partial charge in [0, 0.05) is 13.7 Å². The first-order valence-electron chi connectivity index (χ1n) is 4.71. The zero-order chi connectivity index (χ0) is 10.8. The number of ether oxygens (including phenoxy) is 3. The smallest absolute Gasteiger partial charge is 0.322 e. The Bertz CT molecular complexity index is 152. The van der Waals surface area contributed by atoms with Gasteiger partial charge in [-0.05, 0) is 13.3 Å². The predicted molar refractivity (Wildman–Crippen MR) is 51.9 cm³/mol. The number of hydrogen-bond donors (Lipinski definition) is 1. The lowest BCUT2D eigenvalue weighted by atomic mass is 10.2. The summed E-state index contributed by atoms with van der Waals surface area (Å²) in [5, 5.41) is 0. The summed E-state index contributed by atoms with van der Waals surface area (Å²) >= 11 is 0. The fourth-order valence-electron chi connectivity index (χ4n) is 0.822. The Labute approximate surface area is 84.5 Å². The predicted octanol–water partition coefficient (Wildman–Crippen LogP) is -0.0701. The lowest BCUT2D eigenvalue weighted by Crippen LogP contribution is -2.33. The second-order valence-corrected chi connectivity index (χ2v) is 2.75. The first kappa shape index (κ1) is 13.4. The van der Waals surface area contributed by atoms with E-state index in [1.807, 2.05) is 0 Å². The summed E-state index contributed by atoms with van der Waals surface area (Å²) in [5.41, 5.74) is 5.53. The topological polar surface area (TPSA) is 70.8 Å². The van der Waals surface area contributed by atoms with Gasteiger partial charge in [-0.3, -0.25) is 4.79 Å². The van der Waals surface area contributed by atoms with Crippen LogP contribution in [0.25, 0.3) is 0 Å². The van der Waals surface area contributed by atoms with Crippen molar-refractivity contribution in [2.75, 3.05) is 33.5 Å². The van der Waals surface area contributed by atoms with Crippen molar-refractivity contribution in [3.05, 3.63) is 0 Å². The van der Waals surface area contributed by atoms with Crippen LogP contribution in [0.4, 0.5) is 0 Å². The zero-order valence-electron chi connectivity index (χ0n) is 8.82. The molecule has 5 nitrogen and oxygen atoms in total. The van der Waals surface area contributed by atoms with Gasteiger partial charge in [-0.1, -0.05) is 0 Å². The zero-order valence-corrected chi connectivity index (χ0v) is 8.82. The van der Waals surface area contributed by atoms with Crippen LogP contribution >= 0.6 is 0 Å². The van der Waals surface area contributed by atoms with E-state index in [9.17, 15) is 4.79 Å². The summed E-state index contributed by atoms with van der Waals surface area (Å²) in [6.45, 7) is 3.63. The molecule has 0 aliphatic heterocycles. The monoisotopic (exact) mass is 205 g/mol. The molecule has 0 bridgehead atoms. The Morgan fingerprint density at radius 1 is 1.36 bits per heavy atom. The second-order valence-electron chi connectivity index (χ2n) is 2.75. The molecular weight excluding hydrogens is 186 g/mol. The van der Waals surface area contributed by atoms with Gasteiger partial charge >= 0.3 is 5.97 Å². The van der Waals surface area contributed by atoms with Crippen LogP contribution in [0, 0.1) is 0 Å². The first-order valence-corrected chi connectivity index (χ1v) is 4.71. The minimum Gasteiger partial charge on any atom is -0.465 e. The van der Waals surface area contributed by atoms with E-state index in [1.165, 1.54) is 0 Å². The highest BCUT2D eigenvalue weighted by molar-refractivity contribution is 5.75. The maximum absolute atomic E-state index is 11.0. The Balaban J connectivity index is 3.34. The number of carbonyl (C=O) groups excluding carboxylic acids is 1. The first-order chi connectivity index (χ1) is 6.72. The fourth-order valence-corrected chi connectivity index (χ4v) is 0.822. The van der Waals surface area contributed by atoms with Crippen molar-refractivity contribution in [3.8, 4) is 0 Å². The molecule has 0 radical (unpaired) electrons. The van der Waals surface area contributed by atoms with Crippen molar-refractivity contribution in [2.24, 2.45) is 5.73 Å². The van der Waals surface area contributed by atoms with E-state index in [1.54, 1.807) is 14.0 Å². The van der Waals surface area contributed by atoms with Crippen LogP contribution in [-0.4, -0.2) is 45.5 Å². The van der Waals surface area contributed by atoms with Crippen LogP contribution in [0.5, 0.6) is 0 Å². The molecule has 0 aromatic heterocycles. The normalized spacial score (nSPS) is 12.5.